The van der Waals surface area contributed by atoms with Crippen LogP contribution < -0.4 is 10.2 Å². The van der Waals surface area contributed by atoms with Gasteiger partial charge in [0.2, 0.25) is 17.6 Å². The van der Waals surface area contributed by atoms with E-state index in [1.54, 1.807) is 0 Å². The van der Waals surface area contributed by atoms with Crippen molar-refractivity contribution in [3.63, 3.8) is 0 Å². The Morgan fingerprint density at radius 2 is 1.79 bits per heavy atom. The molecule has 1 unspecified atom stereocenters. The summed E-state index contributed by atoms with van der Waals surface area (Å²) in [5, 5.41) is 7.26. The molecule has 5 rings (SSSR count). The van der Waals surface area contributed by atoms with E-state index in [4.69, 9.17) is 4.52 Å². The van der Waals surface area contributed by atoms with Crippen molar-refractivity contribution in [1.29, 1.82) is 0 Å². The van der Waals surface area contributed by atoms with Crippen molar-refractivity contribution in [3.05, 3.63) is 64.5 Å². The maximum Gasteiger partial charge on any atom is 0.241 e. The van der Waals surface area contributed by atoms with E-state index in [1.807, 2.05) is 24.3 Å². The zero-order valence-electron chi connectivity index (χ0n) is 19.3. The molecule has 0 radical (unpaired) electrons. The number of nitrogens with zero attached hydrogens (tertiary/aromatic N) is 4. The highest BCUT2D eigenvalue weighted by Gasteiger charge is 2.27. The Labute approximate surface area is 208 Å². The number of carbonyl (C=O) groups is 1. The first-order chi connectivity index (χ1) is 16.6. The summed E-state index contributed by atoms with van der Waals surface area (Å²) in [6, 6.07) is 16.4. The van der Waals surface area contributed by atoms with Crippen molar-refractivity contribution in [2.75, 3.05) is 31.1 Å². The number of likely N-dealkylation sites (tertiary alicyclic amines) is 1. The van der Waals surface area contributed by atoms with Crippen molar-refractivity contribution >= 4 is 27.5 Å². The highest BCUT2D eigenvalue weighted by atomic mass is 79.9. The predicted molar refractivity (Wildman–Crippen MR) is 135 cm³/mol. The summed E-state index contributed by atoms with van der Waals surface area (Å²) in [5.74, 6) is 1.27. The minimum Gasteiger partial charge on any atom is -0.372 e. The quantitative estimate of drug-likeness (QED) is 0.486. The van der Waals surface area contributed by atoms with E-state index in [-0.39, 0.29) is 11.8 Å². The predicted octanol–water partition coefficient (Wildman–Crippen LogP) is 4.63. The monoisotopic (exact) mass is 523 g/mol. The third-order valence-corrected chi connectivity index (χ3v) is 7.21. The fraction of sp³-hybridized carbons (Fsp3) is 0.423. The summed E-state index contributed by atoms with van der Waals surface area (Å²) in [6.07, 6.45) is 4.44. The fourth-order valence-corrected chi connectivity index (χ4v) is 5.04. The van der Waals surface area contributed by atoms with Gasteiger partial charge in [0.1, 0.15) is 0 Å². The van der Waals surface area contributed by atoms with Crippen LogP contribution in [-0.2, 0) is 17.9 Å². The molecule has 7 nitrogen and oxygen atoms in total. The number of benzene rings is 2. The van der Waals surface area contributed by atoms with Crippen LogP contribution >= 0.6 is 15.9 Å². The first-order valence-corrected chi connectivity index (χ1v) is 12.9. The fourth-order valence-electron chi connectivity index (χ4n) is 4.77. The van der Waals surface area contributed by atoms with Gasteiger partial charge in [-0.2, -0.15) is 4.98 Å². The van der Waals surface area contributed by atoms with Gasteiger partial charge in [-0.25, -0.2) is 0 Å². The molecule has 2 aliphatic rings. The van der Waals surface area contributed by atoms with Crippen LogP contribution in [0.1, 0.15) is 37.1 Å². The van der Waals surface area contributed by atoms with Gasteiger partial charge in [0.05, 0.1) is 12.5 Å². The largest absolute Gasteiger partial charge is 0.372 e. The molecule has 2 aliphatic heterocycles. The molecule has 0 saturated carbocycles. The molecule has 178 valence electrons. The summed E-state index contributed by atoms with van der Waals surface area (Å²) in [6.45, 7) is 5.04. The van der Waals surface area contributed by atoms with E-state index in [0.29, 0.717) is 31.3 Å². The highest BCUT2D eigenvalue weighted by molar-refractivity contribution is 9.10. The van der Waals surface area contributed by atoms with E-state index in [0.717, 1.165) is 48.1 Å². The van der Waals surface area contributed by atoms with Gasteiger partial charge >= 0.3 is 0 Å². The van der Waals surface area contributed by atoms with Crippen LogP contribution in [0.2, 0.25) is 0 Å². The molecule has 0 spiro atoms. The van der Waals surface area contributed by atoms with Crippen LogP contribution in [0.5, 0.6) is 0 Å². The SMILES string of the molecule is O=C(NCc1ccc(N2CCCC2)cc1)C1CCCN(Cc2nc(-c3ccc(Br)cc3)no2)C1. The number of anilines is 1. The number of aromatic nitrogens is 2. The highest BCUT2D eigenvalue weighted by Crippen LogP contribution is 2.23. The Morgan fingerprint density at radius 1 is 1.03 bits per heavy atom. The Morgan fingerprint density at radius 3 is 2.56 bits per heavy atom. The van der Waals surface area contributed by atoms with Crippen molar-refractivity contribution < 1.29 is 9.32 Å². The van der Waals surface area contributed by atoms with Crippen molar-refractivity contribution in [1.82, 2.24) is 20.4 Å². The van der Waals surface area contributed by atoms with Crippen LogP contribution in [-0.4, -0.2) is 47.1 Å². The number of halogens is 1. The van der Waals surface area contributed by atoms with Gasteiger partial charge in [0.25, 0.3) is 0 Å². The number of hydrogen-bond donors (Lipinski definition) is 1. The molecule has 8 heteroatoms. The molecular weight excluding hydrogens is 494 g/mol. The molecule has 2 saturated heterocycles. The maximum absolute atomic E-state index is 12.9. The first kappa shape index (κ1) is 23.1. The lowest BCUT2D eigenvalue weighted by atomic mass is 9.97. The molecule has 0 bridgehead atoms. The van der Waals surface area contributed by atoms with Crippen molar-refractivity contribution in [3.8, 4) is 11.4 Å². The normalized spacial score (nSPS) is 18.9. The summed E-state index contributed by atoms with van der Waals surface area (Å²) >= 11 is 3.44. The minimum atomic E-state index is -0.0218. The Kier molecular flexibility index (Phi) is 7.25. The lowest BCUT2D eigenvalue weighted by Gasteiger charge is -2.30. The molecule has 34 heavy (non-hydrogen) atoms. The maximum atomic E-state index is 12.9. The van der Waals surface area contributed by atoms with Gasteiger partial charge in [0, 0.05) is 41.9 Å². The van der Waals surface area contributed by atoms with Gasteiger partial charge in [-0.15, -0.1) is 0 Å². The van der Waals surface area contributed by atoms with Crippen LogP contribution in [0.25, 0.3) is 11.4 Å². The Balaban J connectivity index is 1.11. The molecular formula is C26H30BrN5O2. The Hall–Kier alpha value is -2.71. The van der Waals surface area contributed by atoms with Gasteiger partial charge in [-0.1, -0.05) is 33.2 Å². The summed E-state index contributed by atoms with van der Waals surface area (Å²) in [4.78, 5) is 22.1. The zero-order chi connectivity index (χ0) is 23.3. The number of piperidine rings is 1. The smallest absolute Gasteiger partial charge is 0.241 e. The average Bonchev–Trinajstić information content (AvgIpc) is 3.56. The minimum absolute atomic E-state index is 0.0218. The molecule has 0 aliphatic carbocycles. The molecule has 3 heterocycles. The molecule has 1 aromatic heterocycles. The van der Waals surface area contributed by atoms with Gasteiger partial charge in [-0.05, 0) is 74.2 Å². The lowest BCUT2D eigenvalue weighted by molar-refractivity contribution is -0.127. The standard InChI is InChI=1S/C26H30BrN5O2/c27-22-9-7-20(8-10-22)25-29-24(34-30-25)18-31-13-3-4-21(17-31)26(33)28-16-19-5-11-23(12-6-19)32-14-1-2-15-32/h5-12,21H,1-4,13-18H2,(H,28,33). The molecule has 1 N–H and O–H groups in total. The first-order valence-electron chi connectivity index (χ1n) is 12.1. The van der Waals surface area contributed by atoms with Crippen LogP contribution in [0.3, 0.4) is 0 Å². The lowest BCUT2D eigenvalue weighted by Crippen LogP contribution is -2.42. The number of amides is 1. The van der Waals surface area contributed by atoms with E-state index < -0.39 is 0 Å². The number of nitrogens with one attached hydrogen (secondary N) is 1. The molecule has 2 aromatic carbocycles. The van der Waals surface area contributed by atoms with E-state index in [2.05, 4.69) is 65.5 Å². The van der Waals surface area contributed by atoms with Gasteiger partial charge in [-0.3, -0.25) is 9.69 Å². The second kappa shape index (κ2) is 10.7. The number of hydrogen-bond acceptors (Lipinski definition) is 6. The second-order valence-electron chi connectivity index (χ2n) is 9.17. The zero-order valence-corrected chi connectivity index (χ0v) is 20.8. The van der Waals surface area contributed by atoms with Gasteiger partial charge < -0.3 is 14.7 Å². The van der Waals surface area contributed by atoms with Crippen molar-refractivity contribution in [2.45, 2.75) is 38.8 Å². The average molecular weight is 524 g/mol. The van der Waals surface area contributed by atoms with Crippen LogP contribution in [0.15, 0.2) is 57.5 Å². The Bertz CT molecular complexity index is 1090. The summed E-state index contributed by atoms with van der Waals surface area (Å²) < 4.78 is 6.49. The summed E-state index contributed by atoms with van der Waals surface area (Å²) in [7, 11) is 0. The number of rotatable bonds is 7. The third-order valence-electron chi connectivity index (χ3n) is 6.68. The third kappa shape index (κ3) is 5.67. The number of carbonyl (C=O) groups excluding carboxylic acids is 1. The van der Waals surface area contributed by atoms with Crippen LogP contribution in [0.4, 0.5) is 5.69 Å². The van der Waals surface area contributed by atoms with E-state index in [1.165, 1.54) is 18.5 Å². The van der Waals surface area contributed by atoms with Crippen molar-refractivity contribution in [2.24, 2.45) is 5.92 Å². The van der Waals surface area contributed by atoms with Gasteiger partial charge in [0.15, 0.2) is 0 Å². The van der Waals surface area contributed by atoms with E-state index >= 15 is 0 Å². The molecule has 1 amide bonds. The molecule has 1 atom stereocenters. The second-order valence-corrected chi connectivity index (χ2v) is 10.1. The molecule has 2 fully saturated rings. The van der Waals surface area contributed by atoms with E-state index in [9.17, 15) is 4.79 Å². The summed E-state index contributed by atoms with van der Waals surface area (Å²) in [5.41, 5.74) is 3.33. The molecule has 3 aromatic rings. The van der Waals surface area contributed by atoms with Crippen LogP contribution in [0, 0.1) is 5.92 Å². The topological polar surface area (TPSA) is 74.5 Å².